The fourth-order valence-corrected chi connectivity index (χ4v) is 1.39. The zero-order chi connectivity index (χ0) is 9.40. The Balaban J connectivity index is 3.45. The Kier molecular flexibility index (Phi) is 6.82. The summed E-state index contributed by atoms with van der Waals surface area (Å²) in [6.45, 7) is 4.38. The summed E-state index contributed by atoms with van der Waals surface area (Å²) >= 11 is 0. The number of carbonyl (C=O) groups is 1. The molecule has 0 radical (unpaired) electrons. The first-order valence-electron chi connectivity index (χ1n) is 4.99. The zero-order valence-corrected chi connectivity index (χ0v) is 8.31. The van der Waals surface area contributed by atoms with Crippen LogP contribution in [-0.4, -0.2) is 5.91 Å². The monoisotopic (exact) mass is 171 g/mol. The van der Waals surface area contributed by atoms with E-state index in [9.17, 15) is 4.79 Å². The molecule has 0 aromatic heterocycles. The Bertz CT molecular complexity index is 123. The fraction of sp³-hybridized carbons (Fsp3) is 0.900. The lowest BCUT2D eigenvalue weighted by atomic mass is 9.94. The standard InChI is InChI=1S/C10H21NO/c1-3-5-6-9(4-2)7-8-10(11)12/h9H,3-8H2,1-2H3,(H2,11,12). The molecule has 0 aliphatic carbocycles. The predicted octanol–water partition coefficient (Wildman–Crippen LogP) is 2.47. The molecule has 1 atom stereocenters. The molecule has 72 valence electrons. The molecule has 0 saturated heterocycles. The van der Waals surface area contributed by atoms with Gasteiger partial charge >= 0.3 is 0 Å². The SMILES string of the molecule is CCCCC(CC)CCC(N)=O. The van der Waals surface area contributed by atoms with Gasteiger partial charge in [0, 0.05) is 6.42 Å². The number of hydrogen-bond donors (Lipinski definition) is 1. The van der Waals surface area contributed by atoms with Crippen molar-refractivity contribution in [2.75, 3.05) is 0 Å². The van der Waals surface area contributed by atoms with Crippen LogP contribution in [0.4, 0.5) is 0 Å². The lowest BCUT2D eigenvalue weighted by molar-refractivity contribution is -0.118. The minimum Gasteiger partial charge on any atom is -0.370 e. The van der Waals surface area contributed by atoms with Gasteiger partial charge in [0.2, 0.25) is 5.91 Å². The number of nitrogens with two attached hydrogens (primary N) is 1. The molecule has 2 heteroatoms. The number of amides is 1. The highest BCUT2D eigenvalue weighted by molar-refractivity contribution is 5.73. The Morgan fingerprint density at radius 1 is 1.33 bits per heavy atom. The second-order valence-corrected chi connectivity index (χ2v) is 3.42. The van der Waals surface area contributed by atoms with Gasteiger partial charge in [0.1, 0.15) is 0 Å². The van der Waals surface area contributed by atoms with Gasteiger partial charge in [-0.3, -0.25) is 4.79 Å². The first-order chi connectivity index (χ1) is 5.70. The van der Waals surface area contributed by atoms with Gasteiger partial charge in [-0.25, -0.2) is 0 Å². The molecule has 0 aromatic rings. The summed E-state index contributed by atoms with van der Waals surface area (Å²) in [5.74, 6) is 0.544. The smallest absolute Gasteiger partial charge is 0.217 e. The van der Waals surface area contributed by atoms with E-state index in [0.717, 1.165) is 6.42 Å². The van der Waals surface area contributed by atoms with Crippen molar-refractivity contribution in [3.63, 3.8) is 0 Å². The van der Waals surface area contributed by atoms with Crippen LogP contribution in [0.25, 0.3) is 0 Å². The largest absolute Gasteiger partial charge is 0.370 e. The molecule has 0 aromatic carbocycles. The van der Waals surface area contributed by atoms with Crippen LogP contribution in [0.2, 0.25) is 0 Å². The maximum Gasteiger partial charge on any atom is 0.217 e. The van der Waals surface area contributed by atoms with Crippen LogP contribution in [0.3, 0.4) is 0 Å². The molecule has 0 fully saturated rings. The molecule has 0 heterocycles. The first kappa shape index (κ1) is 11.5. The Hall–Kier alpha value is -0.530. The average Bonchev–Trinajstić information content (AvgIpc) is 2.05. The number of hydrogen-bond acceptors (Lipinski definition) is 1. The number of primary amides is 1. The van der Waals surface area contributed by atoms with E-state index in [1.54, 1.807) is 0 Å². The lowest BCUT2D eigenvalue weighted by Gasteiger charge is -2.12. The lowest BCUT2D eigenvalue weighted by Crippen LogP contribution is -2.12. The summed E-state index contributed by atoms with van der Waals surface area (Å²) in [5, 5.41) is 0. The highest BCUT2D eigenvalue weighted by Crippen LogP contribution is 2.17. The van der Waals surface area contributed by atoms with Crippen molar-refractivity contribution in [1.82, 2.24) is 0 Å². The summed E-state index contributed by atoms with van der Waals surface area (Å²) < 4.78 is 0. The Morgan fingerprint density at radius 2 is 2.00 bits per heavy atom. The second-order valence-electron chi connectivity index (χ2n) is 3.42. The molecule has 1 amide bonds. The van der Waals surface area contributed by atoms with E-state index in [-0.39, 0.29) is 5.91 Å². The highest BCUT2D eigenvalue weighted by Gasteiger charge is 2.06. The van der Waals surface area contributed by atoms with E-state index in [4.69, 9.17) is 5.73 Å². The van der Waals surface area contributed by atoms with Crippen LogP contribution in [0.5, 0.6) is 0 Å². The van der Waals surface area contributed by atoms with E-state index in [1.165, 1.54) is 25.7 Å². The van der Waals surface area contributed by atoms with Crippen molar-refractivity contribution in [1.29, 1.82) is 0 Å². The fourth-order valence-electron chi connectivity index (χ4n) is 1.39. The van der Waals surface area contributed by atoms with Crippen LogP contribution in [0, 0.1) is 5.92 Å². The van der Waals surface area contributed by atoms with Crippen molar-refractivity contribution in [2.24, 2.45) is 11.7 Å². The van der Waals surface area contributed by atoms with E-state index in [0.29, 0.717) is 12.3 Å². The molecule has 0 aliphatic rings. The number of rotatable bonds is 7. The van der Waals surface area contributed by atoms with Crippen molar-refractivity contribution >= 4 is 5.91 Å². The van der Waals surface area contributed by atoms with E-state index < -0.39 is 0 Å². The van der Waals surface area contributed by atoms with Crippen LogP contribution in [-0.2, 0) is 4.79 Å². The van der Waals surface area contributed by atoms with E-state index >= 15 is 0 Å². The molecule has 0 rings (SSSR count). The minimum absolute atomic E-state index is 0.162. The third-order valence-electron chi connectivity index (χ3n) is 2.34. The van der Waals surface area contributed by atoms with Gasteiger partial charge in [-0.15, -0.1) is 0 Å². The van der Waals surface area contributed by atoms with Gasteiger partial charge in [-0.1, -0.05) is 39.5 Å². The quantitative estimate of drug-likeness (QED) is 0.628. The normalized spacial score (nSPS) is 12.8. The van der Waals surface area contributed by atoms with Gasteiger partial charge in [0.25, 0.3) is 0 Å². The van der Waals surface area contributed by atoms with Gasteiger partial charge in [0.15, 0.2) is 0 Å². The molecule has 2 N–H and O–H groups in total. The second kappa shape index (κ2) is 7.14. The summed E-state index contributed by atoms with van der Waals surface area (Å²) in [6.07, 6.45) is 6.48. The Labute approximate surface area is 75.5 Å². The van der Waals surface area contributed by atoms with Crippen LogP contribution >= 0.6 is 0 Å². The molecule has 1 unspecified atom stereocenters. The summed E-state index contributed by atoms with van der Waals surface area (Å²) in [6, 6.07) is 0. The molecular weight excluding hydrogens is 150 g/mol. The molecule has 0 bridgehead atoms. The Morgan fingerprint density at radius 3 is 2.42 bits per heavy atom. The number of carbonyl (C=O) groups excluding carboxylic acids is 1. The van der Waals surface area contributed by atoms with Crippen molar-refractivity contribution in [2.45, 2.75) is 52.4 Å². The first-order valence-corrected chi connectivity index (χ1v) is 4.99. The summed E-state index contributed by atoms with van der Waals surface area (Å²) in [4.78, 5) is 10.5. The van der Waals surface area contributed by atoms with Gasteiger partial charge in [0.05, 0.1) is 0 Å². The highest BCUT2D eigenvalue weighted by atomic mass is 16.1. The van der Waals surface area contributed by atoms with Crippen LogP contribution in [0.15, 0.2) is 0 Å². The van der Waals surface area contributed by atoms with Gasteiger partial charge in [-0.2, -0.15) is 0 Å². The van der Waals surface area contributed by atoms with Crippen molar-refractivity contribution < 1.29 is 4.79 Å². The predicted molar refractivity (Wildman–Crippen MR) is 51.7 cm³/mol. The molecule has 0 spiro atoms. The van der Waals surface area contributed by atoms with E-state index in [1.807, 2.05) is 0 Å². The molecule has 2 nitrogen and oxygen atoms in total. The van der Waals surface area contributed by atoms with Gasteiger partial charge < -0.3 is 5.73 Å². The topological polar surface area (TPSA) is 43.1 Å². The van der Waals surface area contributed by atoms with Gasteiger partial charge in [-0.05, 0) is 12.3 Å². The molecule has 12 heavy (non-hydrogen) atoms. The van der Waals surface area contributed by atoms with E-state index in [2.05, 4.69) is 13.8 Å². The maximum atomic E-state index is 10.5. The third kappa shape index (κ3) is 6.20. The minimum atomic E-state index is -0.162. The molecule has 0 aliphatic heterocycles. The summed E-state index contributed by atoms with van der Waals surface area (Å²) in [7, 11) is 0. The zero-order valence-electron chi connectivity index (χ0n) is 8.31. The average molecular weight is 171 g/mol. The molecular formula is C10H21NO. The number of unbranched alkanes of at least 4 members (excludes halogenated alkanes) is 1. The third-order valence-corrected chi connectivity index (χ3v) is 2.34. The van der Waals surface area contributed by atoms with Crippen LogP contribution < -0.4 is 5.73 Å². The van der Waals surface area contributed by atoms with Crippen molar-refractivity contribution in [3.05, 3.63) is 0 Å². The molecule has 0 saturated carbocycles. The van der Waals surface area contributed by atoms with Crippen LogP contribution in [0.1, 0.15) is 52.4 Å². The summed E-state index contributed by atoms with van der Waals surface area (Å²) in [5.41, 5.74) is 5.09. The van der Waals surface area contributed by atoms with Crippen molar-refractivity contribution in [3.8, 4) is 0 Å². The maximum absolute atomic E-state index is 10.5.